The van der Waals surface area contributed by atoms with Gasteiger partial charge < -0.3 is 25.2 Å². The smallest absolute Gasteiger partial charge is 0.406 e. The van der Waals surface area contributed by atoms with Crippen molar-refractivity contribution in [1.29, 1.82) is 0 Å². The number of aliphatic hydroxyl groups is 2. The van der Waals surface area contributed by atoms with Gasteiger partial charge in [0, 0.05) is 35.4 Å². The zero-order chi connectivity index (χ0) is 23.6. The number of carbonyl (C=O) groups is 1. The molecule has 0 unspecified atom stereocenters. The molecular weight excluding hydrogens is 459 g/mol. The van der Waals surface area contributed by atoms with Crippen molar-refractivity contribution in [2.45, 2.75) is 25.5 Å². The molecule has 3 N–H and O–H groups in total. The predicted octanol–water partition coefficient (Wildman–Crippen LogP) is 4.02. The van der Waals surface area contributed by atoms with Crippen LogP contribution in [0.2, 0.25) is 0 Å². The molecule has 0 bridgehead atoms. The molecule has 1 atom stereocenters. The van der Waals surface area contributed by atoms with Gasteiger partial charge in [-0.15, -0.1) is 24.5 Å². The lowest BCUT2D eigenvalue weighted by Gasteiger charge is -2.20. The highest BCUT2D eigenvalue weighted by molar-refractivity contribution is 7.10. The van der Waals surface area contributed by atoms with Crippen molar-refractivity contribution in [2.24, 2.45) is 0 Å². The minimum absolute atomic E-state index is 0.107. The molecule has 33 heavy (non-hydrogen) atoms. The second-order valence-electron chi connectivity index (χ2n) is 7.47. The van der Waals surface area contributed by atoms with Crippen LogP contribution in [0.4, 0.5) is 24.7 Å². The highest BCUT2D eigenvalue weighted by Crippen LogP contribution is 2.35. The van der Waals surface area contributed by atoms with Crippen molar-refractivity contribution in [3.05, 3.63) is 58.4 Å². The number of aromatic nitrogens is 1. The molecule has 1 saturated heterocycles. The van der Waals surface area contributed by atoms with E-state index in [0.717, 1.165) is 22.6 Å². The molecule has 1 aliphatic rings. The number of alkyl halides is 3. The fraction of sp³-hybridized carbons (Fsp3) is 0.273. The number of halogens is 3. The van der Waals surface area contributed by atoms with Gasteiger partial charge in [0.2, 0.25) is 0 Å². The quantitative estimate of drug-likeness (QED) is 0.494. The number of hydrogen-bond acceptors (Lipinski definition) is 7. The third kappa shape index (κ3) is 5.62. The molecular formula is C22H20F3N3O4S. The van der Waals surface area contributed by atoms with Crippen LogP contribution in [0.25, 0.3) is 11.1 Å². The van der Waals surface area contributed by atoms with E-state index in [9.17, 15) is 28.2 Å². The normalized spacial score (nSPS) is 16.2. The number of thiophene rings is 1. The molecule has 3 aromatic rings. The topological polar surface area (TPSA) is 94.9 Å². The van der Waals surface area contributed by atoms with Crippen LogP contribution in [-0.4, -0.2) is 46.7 Å². The third-order valence-corrected chi connectivity index (χ3v) is 5.98. The monoisotopic (exact) mass is 479 g/mol. The molecule has 4 rings (SSSR count). The minimum atomic E-state index is -4.79. The van der Waals surface area contributed by atoms with Crippen molar-refractivity contribution in [1.82, 2.24) is 4.98 Å². The Balaban J connectivity index is 1.58. The molecule has 0 saturated carbocycles. The largest absolute Gasteiger partial charge is 0.573 e. The second-order valence-corrected chi connectivity index (χ2v) is 8.47. The number of amides is 1. The summed E-state index contributed by atoms with van der Waals surface area (Å²) in [7, 11) is 0. The molecule has 1 aromatic carbocycles. The van der Waals surface area contributed by atoms with Crippen molar-refractivity contribution in [3.63, 3.8) is 0 Å². The molecule has 2 aromatic heterocycles. The van der Waals surface area contributed by atoms with Crippen LogP contribution in [-0.2, 0) is 6.61 Å². The first-order valence-electron chi connectivity index (χ1n) is 10.0. The average Bonchev–Trinajstić information content (AvgIpc) is 3.42. The molecule has 1 aliphatic heterocycles. The first-order valence-corrected chi connectivity index (χ1v) is 10.9. The Morgan fingerprint density at radius 1 is 1.27 bits per heavy atom. The molecule has 7 nitrogen and oxygen atoms in total. The van der Waals surface area contributed by atoms with Crippen LogP contribution in [0.1, 0.15) is 21.7 Å². The summed E-state index contributed by atoms with van der Waals surface area (Å²) in [5, 5.41) is 23.8. The van der Waals surface area contributed by atoms with Gasteiger partial charge in [-0.3, -0.25) is 4.79 Å². The molecule has 0 radical (unpaired) electrons. The number of pyridine rings is 1. The lowest BCUT2D eigenvalue weighted by Crippen LogP contribution is -2.23. The van der Waals surface area contributed by atoms with Crippen molar-refractivity contribution in [3.8, 4) is 16.9 Å². The molecule has 0 spiro atoms. The van der Waals surface area contributed by atoms with Gasteiger partial charge in [-0.2, -0.15) is 0 Å². The maximum absolute atomic E-state index is 12.8. The number of nitrogens with zero attached hydrogens (tertiary/aromatic N) is 2. The van der Waals surface area contributed by atoms with E-state index >= 15 is 0 Å². The Hall–Kier alpha value is -3.15. The first-order chi connectivity index (χ1) is 15.7. The average molecular weight is 479 g/mol. The van der Waals surface area contributed by atoms with Crippen molar-refractivity contribution in [2.75, 3.05) is 23.3 Å². The zero-order valence-electron chi connectivity index (χ0n) is 17.2. The summed E-state index contributed by atoms with van der Waals surface area (Å²) in [5.74, 6) is -0.253. The van der Waals surface area contributed by atoms with Crippen LogP contribution >= 0.6 is 11.3 Å². The van der Waals surface area contributed by atoms with Crippen LogP contribution in [0.15, 0.2) is 48.0 Å². The van der Waals surface area contributed by atoms with Crippen molar-refractivity contribution < 1.29 is 32.9 Å². The second kappa shape index (κ2) is 9.38. The van der Waals surface area contributed by atoms with Crippen LogP contribution in [0, 0.1) is 0 Å². The van der Waals surface area contributed by atoms with Gasteiger partial charge in [-0.25, -0.2) is 4.98 Å². The van der Waals surface area contributed by atoms with Gasteiger partial charge in [0.05, 0.1) is 18.3 Å². The number of anilines is 2. The SMILES string of the molecule is O=C(Nc1ccc(OC(F)(F)F)cc1)c1cnc(N2CC[C@@H](O)C2)c(-c2csc(CO)c2)c1. The zero-order valence-corrected chi connectivity index (χ0v) is 18.0. The first kappa shape index (κ1) is 23.0. The summed E-state index contributed by atoms with van der Waals surface area (Å²) in [4.78, 5) is 20.0. The maximum atomic E-state index is 12.8. The number of benzene rings is 1. The van der Waals surface area contributed by atoms with Gasteiger partial charge >= 0.3 is 6.36 Å². The lowest BCUT2D eigenvalue weighted by atomic mass is 10.1. The Morgan fingerprint density at radius 2 is 2.03 bits per heavy atom. The molecule has 11 heteroatoms. The van der Waals surface area contributed by atoms with E-state index in [1.54, 1.807) is 6.07 Å². The summed E-state index contributed by atoms with van der Waals surface area (Å²) in [6, 6.07) is 8.32. The number of rotatable bonds is 6. The fourth-order valence-electron chi connectivity index (χ4n) is 3.53. The Labute approximate surface area is 191 Å². The van der Waals surface area contributed by atoms with Gasteiger partial charge in [0.15, 0.2) is 0 Å². The van der Waals surface area contributed by atoms with Gasteiger partial charge in [-0.1, -0.05) is 0 Å². The molecule has 1 amide bonds. The highest BCUT2D eigenvalue weighted by atomic mass is 32.1. The summed E-state index contributed by atoms with van der Waals surface area (Å²) >= 11 is 1.38. The lowest BCUT2D eigenvalue weighted by molar-refractivity contribution is -0.274. The van der Waals surface area contributed by atoms with Crippen molar-refractivity contribution >= 4 is 28.7 Å². The van der Waals surface area contributed by atoms with Crippen LogP contribution < -0.4 is 15.0 Å². The molecule has 3 heterocycles. The van der Waals surface area contributed by atoms with E-state index in [-0.39, 0.29) is 12.2 Å². The number of carbonyl (C=O) groups excluding carboxylic acids is 1. The van der Waals surface area contributed by atoms with Crippen LogP contribution in [0.3, 0.4) is 0 Å². The summed E-state index contributed by atoms with van der Waals surface area (Å²) in [6.45, 7) is 0.939. The highest BCUT2D eigenvalue weighted by Gasteiger charge is 2.31. The Kier molecular flexibility index (Phi) is 6.54. The number of aliphatic hydroxyl groups excluding tert-OH is 2. The number of nitrogens with one attached hydrogen (secondary N) is 1. The van der Waals surface area contributed by atoms with E-state index in [1.165, 1.54) is 29.7 Å². The van der Waals surface area contributed by atoms with E-state index < -0.39 is 24.1 Å². The Bertz CT molecular complexity index is 1130. The van der Waals surface area contributed by atoms with E-state index in [1.807, 2.05) is 16.3 Å². The van der Waals surface area contributed by atoms with Gasteiger partial charge in [0.25, 0.3) is 5.91 Å². The standard InChI is InChI=1S/C22H20F3N3O4S/c23-22(24,25)32-17-3-1-15(2-4-17)27-21(31)13-8-19(14-7-18(11-29)33-12-14)20(26-9-13)28-6-5-16(30)10-28/h1-4,7-9,12,16,29-30H,5-6,10-11H2,(H,27,31)/t16-/m1/s1. The van der Waals surface area contributed by atoms with Crippen LogP contribution in [0.5, 0.6) is 5.75 Å². The minimum Gasteiger partial charge on any atom is -0.406 e. The van der Waals surface area contributed by atoms with E-state index in [4.69, 9.17) is 0 Å². The molecule has 0 aliphatic carbocycles. The summed E-state index contributed by atoms with van der Waals surface area (Å²) in [5.41, 5.74) is 2.01. The molecule has 1 fully saturated rings. The number of hydrogen-bond donors (Lipinski definition) is 3. The van der Waals surface area contributed by atoms with E-state index in [2.05, 4.69) is 15.0 Å². The molecule has 174 valence electrons. The maximum Gasteiger partial charge on any atom is 0.573 e. The predicted molar refractivity (Wildman–Crippen MR) is 117 cm³/mol. The van der Waals surface area contributed by atoms with Gasteiger partial charge in [0.1, 0.15) is 11.6 Å². The number of β-amino-alcohol motifs (C(OH)–C–C–N with tert-alkyl or cyclic N) is 1. The fourth-order valence-corrected chi connectivity index (χ4v) is 4.27. The third-order valence-electron chi connectivity index (χ3n) is 5.06. The van der Waals surface area contributed by atoms with E-state index in [0.29, 0.717) is 36.6 Å². The summed E-state index contributed by atoms with van der Waals surface area (Å²) < 4.78 is 40.8. The van der Waals surface area contributed by atoms with Gasteiger partial charge in [-0.05, 0) is 53.8 Å². The number of ether oxygens (including phenoxy) is 1. The Morgan fingerprint density at radius 3 is 2.64 bits per heavy atom. The summed E-state index contributed by atoms with van der Waals surface area (Å²) in [6.07, 6.45) is -3.22.